The second kappa shape index (κ2) is 5.60. The molecule has 1 N–H and O–H groups in total. The molecule has 2 unspecified atom stereocenters. The lowest BCUT2D eigenvalue weighted by atomic mass is 9.86. The van der Waals surface area contributed by atoms with Gasteiger partial charge < -0.3 is 14.7 Å². The van der Waals surface area contributed by atoms with E-state index in [1.807, 2.05) is 26.0 Å². The van der Waals surface area contributed by atoms with E-state index < -0.39 is 0 Å². The average Bonchev–Trinajstić information content (AvgIpc) is 2.77. The number of nitrogens with zero attached hydrogens (tertiary/aromatic N) is 3. The third-order valence-corrected chi connectivity index (χ3v) is 3.37. The van der Waals surface area contributed by atoms with Gasteiger partial charge in [0, 0.05) is 12.0 Å². The molecule has 5 heteroatoms. The minimum atomic E-state index is 0.435. The van der Waals surface area contributed by atoms with E-state index in [0.717, 1.165) is 24.7 Å². The Kier molecular flexibility index (Phi) is 4.12. The molecule has 1 aliphatic rings. The van der Waals surface area contributed by atoms with Crippen LogP contribution in [0.5, 0.6) is 0 Å². The minimum Gasteiger partial charge on any atom is -0.339 e. The van der Waals surface area contributed by atoms with Crippen molar-refractivity contribution < 1.29 is 4.52 Å². The largest absolute Gasteiger partial charge is 0.339 e. The first kappa shape index (κ1) is 12.5. The van der Waals surface area contributed by atoms with E-state index in [0.29, 0.717) is 12.0 Å². The fourth-order valence-electron chi connectivity index (χ4n) is 2.46. The van der Waals surface area contributed by atoms with Crippen LogP contribution in [-0.4, -0.2) is 42.2 Å². The maximum absolute atomic E-state index is 5.38. The summed E-state index contributed by atoms with van der Waals surface area (Å²) in [6.45, 7) is 0.742. The second-order valence-electron chi connectivity index (χ2n) is 5.14. The minimum absolute atomic E-state index is 0.435. The van der Waals surface area contributed by atoms with E-state index in [2.05, 4.69) is 15.5 Å². The monoisotopic (exact) mass is 238 g/mol. The zero-order chi connectivity index (χ0) is 12.3. The fourth-order valence-corrected chi connectivity index (χ4v) is 2.46. The molecule has 1 aromatic rings. The van der Waals surface area contributed by atoms with Crippen molar-refractivity contribution in [1.29, 1.82) is 0 Å². The van der Waals surface area contributed by atoms with Gasteiger partial charge in [-0.2, -0.15) is 4.98 Å². The summed E-state index contributed by atoms with van der Waals surface area (Å²) in [7, 11) is 6.04. The highest BCUT2D eigenvalue weighted by atomic mass is 16.5. The van der Waals surface area contributed by atoms with Crippen LogP contribution in [0.3, 0.4) is 0 Å². The van der Waals surface area contributed by atoms with Gasteiger partial charge in [0.2, 0.25) is 5.89 Å². The normalized spacial score (nSPS) is 25.4. The predicted molar refractivity (Wildman–Crippen MR) is 65.7 cm³/mol. The van der Waals surface area contributed by atoms with Crippen molar-refractivity contribution in [1.82, 2.24) is 20.4 Å². The first-order chi connectivity index (χ1) is 8.19. The van der Waals surface area contributed by atoms with Crippen LogP contribution in [0.1, 0.15) is 43.3 Å². The Labute approximate surface area is 103 Å². The van der Waals surface area contributed by atoms with E-state index in [1.54, 1.807) is 0 Å². The maximum Gasteiger partial charge on any atom is 0.229 e. The molecule has 5 nitrogen and oxygen atoms in total. The van der Waals surface area contributed by atoms with Crippen LogP contribution in [0.15, 0.2) is 4.52 Å². The van der Waals surface area contributed by atoms with Gasteiger partial charge in [0.05, 0.1) is 6.54 Å². The summed E-state index contributed by atoms with van der Waals surface area (Å²) in [6, 6.07) is 0.595. The molecule has 0 amide bonds. The van der Waals surface area contributed by atoms with E-state index in [1.165, 1.54) is 19.3 Å². The molecule has 0 spiro atoms. The molecule has 2 atom stereocenters. The predicted octanol–water partition coefficient (Wildman–Crippen LogP) is 1.38. The first-order valence-corrected chi connectivity index (χ1v) is 6.33. The van der Waals surface area contributed by atoms with E-state index >= 15 is 0 Å². The Balaban J connectivity index is 1.99. The highest BCUT2D eigenvalue weighted by Gasteiger charge is 2.26. The summed E-state index contributed by atoms with van der Waals surface area (Å²) in [5, 5.41) is 7.38. The summed E-state index contributed by atoms with van der Waals surface area (Å²) in [4.78, 5) is 6.54. The molecule has 1 aromatic heterocycles. The highest BCUT2D eigenvalue weighted by molar-refractivity contribution is 4.97. The molecule has 1 aliphatic carbocycles. The summed E-state index contributed by atoms with van der Waals surface area (Å²) < 4.78 is 5.38. The molecule has 17 heavy (non-hydrogen) atoms. The Bertz CT molecular complexity index is 350. The van der Waals surface area contributed by atoms with Crippen molar-refractivity contribution in [2.24, 2.45) is 0 Å². The molecule has 0 aromatic carbocycles. The Hall–Kier alpha value is -0.940. The molecule has 96 valence electrons. The molecule has 0 radical (unpaired) electrons. The van der Waals surface area contributed by atoms with Crippen LogP contribution in [0, 0.1) is 0 Å². The van der Waals surface area contributed by atoms with Crippen LogP contribution in [0.2, 0.25) is 0 Å². The second-order valence-corrected chi connectivity index (χ2v) is 5.14. The zero-order valence-corrected chi connectivity index (χ0v) is 10.9. The van der Waals surface area contributed by atoms with Crippen molar-refractivity contribution in [2.45, 2.75) is 44.2 Å². The van der Waals surface area contributed by atoms with Crippen molar-refractivity contribution in [2.75, 3.05) is 21.1 Å². The number of aromatic nitrogens is 2. The molecule has 0 bridgehead atoms. The van der Waals surface area contributed by atoms with Gasteiger partial charge in [-0.15, -0.1) is 0 Å². The topological polar surface area (TPSA) is 54.2 Å². The van der Waals surface area contributed by atoms with E-state index in [4.69, 9.17) is 4.52 Å². The van der Waals surface area contributed by atoms with Crippen LogP contribution in [-0.2, 0) is 6.54 Å². The lowest BCUT2D eigenvalue weighted by molar-refractivity contribution is 0.282. The Morgan fingerprint density at radius 1 is 1.41 bits per heavy atom. The van der Waals surface area contributed by atoms with Crippen LogP contribution < -0.4 is 5.32 Å². The molecule has 1 heterocycles. The standard InChI is InChI=1S/C12H22N4O/c1-13-10-6-4-5-9(7-10)12-14-11(15-17-12)8-16(2)3/h9-10,13H,4-8H2,1-3H3. The molecule has 0 saturated heterocycles. The molecule has 1 fully saturated rings. The van der Waals surface area contributed by atoms with Gasteiger partial charge >= 0.3 is 0 Å². The van der Waals surface area contributed by atoms with Gasteiger partial charge in [0.15, 0.2) is 5.82 Å². The van der Waals surface area contributed by atoms with E-state index in [-0.39, 0.29) is 0 Å². The molecule has 2 rings (SSSR count). The van der Waals surface area contributed by atoms with E-state index in [9.17, 15) is 0 Å². The summed E-state index contributed by atoms with van der Waals surface area (Å²) in [6.07, 6.45) is 4.77. The number of hydrogen-bond donors (Lipinski definition) is 1. The van der Waals surface area contributed by atoms with Crippen LogP contribution in [0.4, 0.5) is 0 Å². The SMILES string of the molecule is CNC1CCCC(c2nc(CN(C)C)no2)C1. The van der Waals surface area contributed by atoms with Crippen LogP contribution >= 0.6 is 0 Å². The lowest BCUT2D eigenvalue weighted by Gasteiger charge is -2.26. The van der Waals surface area contributed by atoms with Crippen LogP contribution in [0.25, 0.3) is 0 Å². The quantitative estimate of drug-likeness (QED) is 0.858. The first-order valence-electron chi connectivity index (χ1n) is 6.33. The maximum atomic E-state index is 5.38. The lowest BCUT2D eigenvalue weighted by Crippen LogP contribution is -2.30. The van der Waals surface area contributed by atoms with Gasteiger partial charge in [-0.05, 0) is 40.4 Å². The molecular weight excluding hydrogens is 216 g/mol. The van der Waals surface area contributed by atoms with Gasteiger partial charge in [-0.25, -0.2) is 0 Å². The Morgan fingerprint density at radius 2 is 2.24 bits per heavy atom. The number of hydrogen-bond acceptors (Lipinski definition) is 5. The summed E-state index contributed by atoms with van der Waals surface area (Å²) in [5.74, 6) is 2.04. The third-order valence-electron chi connectivity index (χ3n) is 3.37. The summed E-state index contributed by atoms with van der Waals surface area (Å²) >= 11 is 0. The van der Waals surface area contributed by atoms with Gasteiger partial charge in [-0.1, -0.05) is 11.6 Å². The highest BCUT2D eigenvalue weighted by Crippen LogP contribution is 2.31. The fraction of sp³-hybridized carbons (Fsp3) is 0.833. The van der Waals surface area contributed by atoms with Crippen molar-refractivity contribution in [3.63, 3.8) is 0 Å². The van der Waals surface area contributed by atoms with Gasteiger partial charge in [0.1, 0.15) is 0 Å². The smallest absolute Gasteiger partial charge is 0.229 e. The molecule has 1 saturated carbocycles. The third kappa shape index (κ3) is 3.26. The van der Waals surface area contributed by atoms with Crippen molar-refractivity contribution in [3.8, 4) is 0 Å². The molecular formula is C12H22N4O. The van der Waals surface area contributed by atoms with Crippen molar-refractivity contribution in [3.05, 3.63) is 11.7 Å². The summed E-state index contributed by atoms with van der Waals surface area (Å²) in [5.41, 5.74) is 0. The van der Waals surface area contributed by atoms with Crippen molar-refractivity contribution >= 4 is 0 Å². The van der Waals surface area contributed by atoms with Gasteiger partial charge in [0.25, 0.3) is 0 Å². The number of nitrogens with one attached hydrogen (secondary N) is 1. The number of rotatable bonds is 4. The Morgan fingerprint density at radius 3 is 2.94 bits per heavy atom. The van der Waals surface area contributed by atoms with Gasteiger partial charge in [-0.3, -0.25) is 0 Å². The average molecular weight is 238 g/mol. The zero-order valence-electron chi connectivity index (χ0n) is 10.9. The molecule has 0 aliphatic heterocycles.